The minimum atomic E-state index is -1.28. The summed E-state index contributed by atoms with van der Waals surface area (Å²) in [5, 5.41) is -0.673. The van der Waals surface area contributed by atoms with Crippen molar-refractivity contribution in [1.29, 1.82) is 0 Å². The van der Waals surface area contributed by atoms with E-state index in [2.05, 4.69) is 0 Å². The molecule has 0 aliphatic carbocycles. The van der Waals surface area contributed by atoms with E-state index in [1.807, 2.05) is 4.98 Å². The average molecular weight is 305 g/mol. The van der Waals surface area contributed by atoms with Crippen molar-refractivity contribution in [2.24, 2.45) is 0 Å². The number of hydrogen-bond donors (Lipinski definition) is 1. The molecule has 106 valence electrons. The van der Waals surface area contributed by atoms with Crippen LogP contribution in [0.1, 0.15) is 5.56 Å². The second-order valence-electron chi connectivity index (χ2n) is 4.04. The zero-order valence-corrected chi connectivity index (χ0v) is 10.7. The Hall–Kier alpha value is -2.02. The maximum Gasteiger partial charge on any atom is 0.329 e. The third kappa shape index (κ3) is 2.93. The summed E-state index contributed by atoms with van der Waals surface area (Å²) in [6.07, 6.45) is -0.0151. The van der Waals surface area contributed by atoms with Crippen molar-refractivity contribution >= 4 is 11.6 Å². The normalized spacial score (nSPS) is 10.8. The number of benzene rings is 1. The van der Waals surface area contributed by atoms with Crippen molar-refractivity contribution in [3.05, 3.63) is 67.2 Å². The molecule has 2 aromatic rings. The fourth-order valence-corrected chi connectivity index (χ4v) is 1.88. The minimum absolute atomic E-state index is 0.0151. The van der Waals surface area contributed by atoms with Gasteiger partial charge in [0.15, 0.2) is 5.15 Å². The van der Waals surface area contributed by atoms with Gasteiger partial charge in [0.2, 0.25) is 5.82 Å². The Morgan fingerprint density at radius 1 is 1.10 bits per heavy atom. The van der Waals surface area contributed by atoms with E-state index in [4.69, 9.17) is 11.6 Å². The van der Waals surface area contributed by atoms with Crippen molar-refractivity contribution in [3.8, 4) is 0 Å². The van der Waals surface area contributed by atoms with E-state index < -0.39 is 33.9 Å². The van der Waals surface area contributed by atoms with Crippen molar-refractivity contribution < 1.29 is 13.2 Å². The molecule has 0 amide bonds. The van der Waals surface area contributed by atoms with E-state index in [9.17, 15) is 22.8 Å². The van der Waals surface area contributed by atoms with E-state index in [0.717, 1.165) is 12.1 Å². The van der Waals surface area contributed by atoms with Gasteiger partial charge in [0.05, 0.1) is 0 Å². The highest BCUT2D eigenvalue weighted by atomic mass is 35.5. The number of rotatable bonds is 3. The van der Waals surface area contributed by atoms with Crippen molar-refractivity contribution in [2.45, 2.75) is 13.0 Å². The van der Waals surface area contributed by atoms with E-state index in [0.29, 0.717) is 10.6 Å². The summed E-state index contributed by atoms with van der Waals surface area (Å²) in [7, 11) is 0. The summed E-state index contributed by atoms with van der Waals surface area (Å²) in [6, 6.07) is 2.83. The van der Waals surface area contributed by atoms with Gasteiger partial charge < -0.3 is 0 Å². The molecule has 0 unspecified atom stereocenters. The fraction of sp³-hybridized carbons (Fsp3) is 0.167. The average Bonchev–Trinajstić information content (AvgIpc) is 2.35. The number of aryl methyl sites for hydroxylation is 1. The van der Waals surface area contributed by atoms with Crippen LogP contribution in [-0.4, -0.2) is 9.55 Å². The standard InChI is InChI=1S/C12H8ClF3N2O2/c13-10-9(16)11(19)18(12(20)17-10)2-1-6-3-7(14)5-8(15)4-6/h3-5H,1-2H2,(H,17,20). The van der Waals surface area contributed by atoms with Crippen LogP contribution >= 0.6 is 11.6 Å². The van der Waals surface area contributed by atoms with Crippen LogP contribution in [-0.2, 0) is 13.0 Å². The predicted octanol–water partition coefficient (Wildman–Crippen LogP) is 1.85. The number of hydrogen-bond acceptors (Lipinski definition) is 2. The van der Waals surface area contributed by atoms with Crippen LogP contribution < -0.4 is 11.2 Å². The Kier molecular flexibility index (Phi) is 3.99. The molecule has 0 atom stereocenters. The summed E-state index contributed by atoms with van der Waals surface area (Å²) in [5.74, 6) is -2.83. The highest BCUT2D eigenvalue weighted by Crippen LogP contribution is 2.09. The van der Waals surface area contributed by atoms with Gasteiger partial charge in [-0.1, -0.05) is 11.6 Å². The minimum Gasteiger partial charge on any atom is -0.295 e. The van der Waals surface area contributed by atoms with Crippen LogP contribution in [0, 0.1) is 17.5 Å². The summed E-state index contributed by atoms with van der Waals surface area (Å²) >= 11 is 5.31. The lowest BCUT2D eigenvalue weighted by Gasteiger charge is -2.06. The van der Waals surface area contributed by atoms with Gasteiger partial charge in [-0.15, -0.1) is 0 Å². The van der Waals surface area contributed by atoms with Gasteiger partial charge in [-0.2, -0.15) is 4.39 Å². The van der Waals surface area contributed by atoms with Crippen LogP contribution in [0.3, 0.4) is 0 Å². The molecular formula is C12H8ClF3N2O2. The smallest absolute Gasteiger partial charge is 0.295 e. The molecule has 1 aromatic carbocycles. The lowest BCUT2D eigenvalue weighted by atomic mass is 10.1. The molecule has 0 bridgehead atoms. The van der Waals surface area contributed by atoms with E-state index in [-0.39, 0.29) is 18.5 Å². The molecule has 1 aromatic heterocycles. The molecular weight excluding hydrogens is 297 g/mol. The van der Waals surface area contributed by atoms with E-state index >= 15 is 0 Å². The monoisotopic (exact) mass is 304 g/mol. The molecule has 0 radical (unpaired) electrons. The Bertz CT molecular complexity index is 750. The summed E-state index contributed by atoms with van der Waals surface area (Å²) in [5.41, 5.74) is -1.84. The first-order valence-corrected chi connectivity index (χ1v) is 5.89. The van der Waals surface area contributed by atoms with Gasteiger partial charge in [-0.3, -0.25) is 14.3 Å². The SMILES string of the molecule is O=c1[nH]c(Cl)c(F)c(=O)n1CCc1cc(F)cc(F)c1. The second kappa shape index (κ2) is 5.54. The molecule has 2 rings (SSSR count). The van der Waals surface area contributed by atoms with Crippen molar-refractivity contribution in [2.75, 3.05) is 0 Å². The third-order valence-corrected chi connectivity index (χ3v) is 2.89. The van der Waals surface area contributed by atoms with E-state index in [1.165, 1.54) is 0 Å². The largest absolute Gasteiger partial charge is 0.329 e. The predicted molar refractivity (Wildman–Crippen MR) is 66.4 cm³/mol. The van der Waals surface area contributed by atoms with Gasteiger partial charge in [0.25, 0.3) is 5.56 Å². The highest BCUT2D eigenvalue weighted by Gasteiger charge is 2.12. The van der Waals surface area contributed by atoms with E-state index in [1.54, 1.807) is 0 Å². The molecule has 1 heterocycles. The molecule has 20 heavy (non-hydrogen) atoms. The lowest BCUT2D eigenvalue weighted by Crippen LogP contribution is -2.37. The first-order chi connectivity index (χ1) is 9.38. The molecule has 0 spiro atoms. The summed E-state index contributed by atoms with van der Waals surface area (Å²) < 4.78 is 39.8. The summed E-state index contributed by atoms with van der Waals surface area (Å²) in [4.78, 5) is 24.9. The number of aromatic amines is 1. The Balaban J connectivity index is 2.30. The molecule has 0 aliphatic heterocycles. The summed E-state index contributed by atoms with van der Waals surface area (Å²) in [6.45, 7) is -0.231. The van der Waals surface area contributed by atoms with Crippen LogP contribution in [0.5, 0.6) is 0 Å². The molecule has 0 fully saturated rings. The van der Waals surface area contributed by atoms with Crippen molar-refractivity contribution in [3.63, 3.8) is 0 Å². The van der Waals surface area contributed by atoms with Crippen LogP contribution in [0.2, 0.25) is 5.15 Å². The maximum atomic E-state index is 13.3. The quantitative estimate of drug-likeness (QED) is 0.880. The Morgan fingerprint density at radius 2 is 1.70 bits per heavy atom. The zero-order valence-electron chi connectivity index (χ0n) is 9.92. The Morgan fingerprint density at radius 3 is 2.30 bits per heavy atom. The molecule has 0 saturated carbocycles. The Labute approximate surface area is 115 Å². The topological polar surface area (TPSA) is 54.9 Å². The number of H-pyrrole nitrogens is 1. The molecule has 0 aliphatic rings. The van der Waals surface area contributed by atoms with Crippen LogP contribution in [0.4, 0.5) is 13.2 Å². The van der Waals surface area contributed by atoms with Crippen LogP contribution in [0.25, 0.3) is 0 Å². The molecule has 1 N–H and O–H groups in total. The zero-order chi connectivity index (χ0) is 14.9. The number of nitrogens with zero attached hydrogens (tertiary/aromatic N) is 1. The molecule has 0 saturated heterocycles. The third-order valence-electron chi connectivity index (χ3n) is 2.63. The van der Waals surface area contributed by atoms with Gasteiger partial charge >= 0.3 is 5.69 Å². The number of halogens is 4. The van der Waals surface area contributed by atoms with Gasteiger partial charge in [-0.05, 0) is 24.1 Å². The first-order valence-electron chi connectivity index (χ1n) is 5.51. The first kappa shape index (κ1) is 14.4. The van der Waals surface area contributed by atoms with Gasteiger partial charge in [-0.25, -0.2) is 13.6 Å². The second-order valence-corrected chi connectivity index (χ2v) is 4.42. The van der Waals surface area contributed by atoms with Gasteiger partial charge in [0.1, 0.15) is 11.6 Å². The molecule has 8 heteroatoms. The van der Waals surface area contributed by atoms with Gasteiger partial charge in [0, 0.05) is 12.6 Å². The maximum absolute atomic E-state index is 13.3. The fourth-order valence-electron chi connectivity index (χ4n) is 1.72. The number of nitrogens with one attached hydrogen (secondary N) is 1. The van der Waals surface area contributed by atoms with Crippen LogP contribution in [0.15, 0.2) is 27.8 Å². The van der Waals surface area contributed by atoms with Crippen molar-refractivity contribution in [1.82, 2.24) is 9.55 Å². The lowest BCUT2D eigenvalue weighted by molar-refractivity contribution is 0.535. The highest BCUT2D eigenvalue weighted by molar-refractivity contribution is 6.29. The molecule has 4 nitrogen and oxygen atoms in total. The number of aromatic nitrogens is 2.